The molecule has 2 atom stereocenters. The molecule has 1 aromatic carbocycles. The molecule has 0 aromatic heterocycles. The quantitative estimate of drug-likeness (QED) is 0.582. The summed E-state index contributed by atoms with van der Waals surface area (Å²) < 4.78 is 10.0. The van der Waals surface area contributed by atoms with Crippen molar-refractivity contribution in [3.05, 3.63) is 35.9 Å². The van der Waals surface area contributed by atoms with Crippen LogP contribution < -0.4 is 0 Å². The number of hydrogen-bond donors (Lipinski definition) is 0. The van der Waals surface area contributed by atoms with E-state index in [1.807, 2.05) is 30.3 Å². The second kappa shape index (κ2) is 3.58. The minimum absolute atomic E-state index is 0.0401. The molecule has 0 amide bonds. The Morgan fingerprint density at radius 1 is 1.41 bits per heavy atom. The van der Waals surface area contributed by atoms with E-state index in [-0.39, 0.29) is 12.5 Å². The lowest BCUT2D eigenvalue weighted by Crippen LogP contribution is -2.26. The van der Waals surface area contributed by atoms with Crippen molar-refractivity contribution in [3.8, 4) is 0 Å². The van der Waals surface area contributed by atoms with Gasteiger partial charge < -0.3 is 9.47 Å². The maximum absolute atomic E-state index is 11.9. The van der Waals surface area contributed by atoms with Crippen molar-refractivity contribution >= 4 is 11.9 Å². The number of ether oxygens (including phenoxy) is 2. The molecule has 88 valence electrons. The molecule has 4 nitrogen and oxygen atoms in total. The molecule has 0 spiro atoms. The van der Waals surface area contributed by atoms with Gasteiger partial charge in [-0.05, 0) is 12.0 Å². The fraction of sp³-hybridized carbons (Fsp3) is 0.385. The molecule has 1 heterocycles. The molecule has 0 N–H and O–H groups in total. The van der Waals surface area contributed by atoms with Gasteiger partial charge in [0, 0.05) is 5.92 Å². The van der Waals surface area contributed by atoms with E-state index in [4.69, 9.17) is 9.47 Å². The van der Waals surface area contributed by atoms with Crippen LogP contribution >= 0.6 is 0 Å². The highest BCUT2D eigenvalue weighted by molar-refractivity contribution is 6.05. The molecule has 2 aliphatic rings. The average molecular weight is 232 g/mol. The molecule has 0 radical (unpaired) electrons. The van der Waals surface area contributed by atoms with Gasteiger partial charge in [0.15, 0.2) is 5.41 Å². The van der Waals surface area contributed by atoms with Crippen molar-refractivity contribution in [3.63, 3.8) is 0 Å². The monoisotopic (exact) mass is 232 g/mol. The van der Waals surface area contributed by atoms with Crippen LogP contribution in [0.4, 0.5) is 0 Å². The summed E-state index contributed by atoms with van der Waals surface area (Å²) in [6, 6.07) is 9.41. The first-order valence-corrected chi connectivity index (χ1v) is 5.62. The minimum Gasteiger partial charge on any atom is -0.464 e. The summed E-state index contributed by atoms with van der Waals surface area (Å²) in [6.07, 6.45) is 0.583. The van der Waals surface area contributed by atoms with Crippen LogP contribution in [0.15, 0.2) is 30.3 Å². The number of carbonyl (C=O) groups excluding carboxylic acids is 2. The van der Waals surface area contributed by atoms with Gasteiger partial charge >= 0.3 is 11.9 Å². The lowest BCUT2D eigenvalue weighted by molar-refractivity contribution is -0.161. The summed E-state index contributed by atoms with van der Waals surface area (Å²) in [7, 11) is 0. The highest BCUT2D eigenvalue weighted by Crippen LogP contribution is 2.58. The van der Waals surface area contributed by atoms with Crippen molar-refractivity contribution in [1.82, 2.24) is 0 Å². The Morgan fingerprint density at radius 2 is 2.18 bits per heavy atom. The number of esters is 2. The lowest BCUT2D eigenvalue weighted by atomic mass is 10.1. The number of hydrogen-bond acceptors (Lipinski definition) is 4. The molecular weight excluding hydrogens is 220 g/mol. The number of fused-ring (bicyclic) bond motifs is 1. The Hall–Kier alpha value is -1.84. The van der Waals surface area contributed by atoms with E-state index < -0.39 is 17.4 Å². The van der Waals surface area contributed by atoms with Crippen LogP contribution in [0.2, 0.25) is 0 Å². The predicted octanol–water partition coefficient (Wildman–Crippen LogP) is 1.29. The van der Waals surface area contributed by atoms with Crippen molar-refractivity contribution in [2.24, 2.45) is 11.3 Å². The van der Waals surface area contributed by atoms with E-state index in [1.54, 1.807) is 0 Å². The van der Waals surface area contributed by atoms with Crippen LogP contribution in [-0.2, 0) is 25.7 Å². The van der Waals surface area contributed by atoms with Gasteiger partial charge in [0.2, 0.25) is 0 Å². The second-order valence-corrected chi connectivity index (χ2v) is 4.53. The Bertz CT molecular complexity index is 468. The number of carbonyl (C=O) groups is 2. The first-order chi connectivity index (χ1) is 8.23. The van der Waals surface area contributed by atoms with Crippen LogP contribution in [0.5, 0.6) is 0 Å². The van der Waals surface area contributed by atoms with Crippen molar-refractivity contribution < 1.29 is 19.1 Å². The minimum atomic E-state index is -0.964. The van der Waals surface area contributed by atoms with E-state index in [0.717, 1.165) is 5.56 Å². The van der Waals surface area contributed by atoms with E-state index in [1.165, 1.54) is 0 Å². The van der Waals surface area contributed by atoms with Crippen LogP contribution in [0.3, 0.4) is 0 Å². The maximum atomic E-state index is 11.9. The number of cyclic esters (lactones) is 1. The SMILES string of the molecule is O=C(OCc1ccccc1)[C@]12C[C@H]1COC2=O. The molecule has 0 unspecified atom stereocenters. The lowest BCUT2D eigenvalue weighted by Gasteiger charge is -2.09. The van der Waals surface area contributed by atoms with Gasteiger partial charge in [-0.15, -0.1) is 0 Å². The van der Waals surface area contributed by atoms with Crippen LogP contribution in [-0.4, -0.2) is 18.5 Å². The standard InChI is InChI=1S/C13H12O4/c14-11(13-6-10(13)8-17-12(13)15)16-7-9-4-2-1-3-5-9/h1-5,10H,6-8H2/t10-,13-/m0/s1. The van der Waals surface area contributed by atoms with E-state index in [9.17, 15) is 9.59 Å². The smallest absolute Gasteiger partial charge is 0.324 e. The zero-order chi connectivity index (χ0) is 11.9. The highest BCUT2D eigenvalue weighted by atomic mass is 16.6. The first-order valence-electron chi connectivity index (χ1n) is 5.62. The summed E-state index contributed by atoms with van der Waals surface area (Å²) >= 11 is 0. The van der Waals surface area contributed by atoms with E-state index in [0.29, 0.717) is 13.0 Å². The maximum Gasteiger partial charge on any atom is 0.324 e. The molecule has 1 aliphatic heterocycles. The largest absolute Gasteiger partial charge is 0.464 e. The van der Waals surface area contributed by atoms with Gasteiger partial charge in [-0.1, -0.05) is 30.3 Å². The summed E-state index contributed by atoms with van der Waals surface area (Å²) in [4.78, 5) is 23.3. The molecule has 4 heteroatoms. The second-order valence-electron chi connectivity index (χ2n) is 4.53. The normalized spacial score (nSPS) is 29.4. The molecule has 2 fully saturated rings. The van der Waals surface area contributed by atoms with Gasteiger partial charge in [0.05, 0.1) is 6.61 Å². The third-order valence-corrected chi connectivity index (χ3v) is 3.46. The summed E-state index contributed by atoms with van der Waals surface area (Å²) in [5, 5.41) is 0. The van der Waals surface area contributed by atoms with Crippen molar-refractivity contribution in [2.45, 2.75) is 13.0 Å². The summed E-state index contributed by atoms with van der Waals surface area (Å²) in [6.45, 7) is 0.570. The molecule has 1 saturated carbocycles. The van der Waals surface area contributed by atoms with Crippen molar-refractivity contribution in [1.29, 1.82) is 0 Å². The first kappa shape index (κ1) is 10.3. The molecule has 1 aliphatic carbocycles. The molecule has 0 bridgehead atoms. The zero-order valence-electron chi connectivity index (χ0n) is 9.22. The fourth-order valence-corrected chi connectivity index (χ4v) is 2.27. The molecule has 1 saturated heterocycles. The topological polar surface area (TPSA) is 52.6 Å². The van der Waals surface area contributed by atoms with Crippen molar-refractivity contribution in [2.75, 3.05) is 6.61 Å². The molecule has 3 rings (SSSR count). The van der Waals surface area contributed by atoms with Gasteiger partial charge in [-0.25, -0.2) is 0 Å². The van der Waals surface area contributed by atoms with Gasteiger partial charge in [0.25, 0.3) is 0 Å². The Labute approximate surface area is 98.5 Å². The van der Waals surface area contributed by atoms with Gasteiger partial charge in [-0.3, -0.25) is 9.59 Å². The molecule has 1 aromatic rings. The summed E-state index contributed by atoms with van der Waals surface area (Å²) in [5.74, 6) is -0.812. The van der Waals surface area contributed by atoms with Gasteiger partial charge in [-0.2, -0.15) is 0 Å². The van der Waals surface area contributed by atoms with E-state index >= 15 is 0 Å². The number of benzene rings is 1. The Morgan fingerprint density at radius 3 is 2.76 bits per heavy atom. The fourth-order valence-electron chi connectivity index (χ4n) is 2.27. The van der Waals surface area contributed by atoms with Crippen LogP contribution in [0.1, 0.15) is 12.0 Å². The molecule has 17 heavy (non-hydrogen) atoms. The van der Waals surface area contributed by atoms with Crippen LogP contribution in [0.25, 0.3) is 0 Å². The zero-order valence-corrected chi connectivity index (χ0v) is 9.22. The van der Waals surface area contributed by atoms with Gasteiger partial charge in [0.1, 0.15) is 6.61 Å². The predicted molar refractivity (Wildman–Crippen MR) is 57.7 cm³/mol. The Kier molecular flexibility index (Phi) is 2.18. The number of rotatable bonds is 3. The third kappa shape index (κ3) is 1.52. The average Bonchev–Trinajstić information content (AvgIpc) is 3.02. The summed E-state index contributed by atoms with van der Waals surface area (Å²) in [5.41, 5.74) is -0.0461. The van der Waals surface area contributed by atoms with Crippen LogP contribution in [0, 0.1) is 11.3 Å². The third-order valence-electron chi connectivity index (χ3n) is 3.46. The van der Waals surface area contributed by atoms with E-state index in [2.05, 4.69) is 0 Å². The Balaban J connectivity index is 1.64. The highest BCUT2D eigenvalue weighted by Gasteiger charge is 2.72. The molecular formula is C13H12O4.